The number of hydrogen-bond donors (Lipinski definition) is 0. The first-order valence-corrected chi connectivity index (χ1v) is 7.26. The molecule has 2 aromatic carbocycles. The molecule has 114 valence electrons. The van der Waals surface area contributed by atoms with Crippen LogP contribution in [0.15, 0.2) is 60.7 Å². The Morgan fingerprint density at radius 1 is 0.955 bits per heavy atom. The van der Waals surface area contributed by atoms with E-state index in [1.807, 2.05) is 60.7 Å². The predicted molar refractivity (Wildman–Crippen MR) is 85.5 cm³/mol. The molecule has 0 aliphatic rings. The molecular formula is C18H19NO3. The maximum atomic E-state index is 12.3. The summed E-state index contributed by atoms with van der Waals surface area (Å²) >= 11 is 0. The molecule has 0 aromatic heterocycles. The minimum absolute atomic E-state index is 0.0613. The Bertz CT molecular complexity index is 640. The van der Waals surface area contributed by atoms with Crippen molar-refractivity contribution in [2.75, 3.05) is 0 Å². The number of nitro groups is 1. The highest BCUT2D eigenvalue weighted by Crippen LogP contribution is 2.37. The third kappa shape index (κ3) is 3.39. The Morgan fingerprint density at radius 2 is 1.41 bits per heavy atom. The summed E-state index contributed by atoms with van der Waals surface area (Å²) in [6.07, 6.45) is 0. The number of Topliss-reactive ketones (excluding diaryl/α,β-unsaturated/α-hetero) is 1. The summed E-state index contributed by atoms with van der Waals surface area (Å²) in [7, 11) is 0. The maximum Gasteiger partial charge on any atom is 0.218 e. The van der Waals surface area contributed by atoms with E-state index in [9.17, 15) is 14.9 Å². The standard InChI is InChI=1S/C18H19NO3/c1-13(19(21)22)17(15-9-5-3-6-10-15)18(14(2)20)16-11-7-4-8-12-16/h3-13,17-18H,1-2H3/t13-,17+,18-/m1/s1. The summed E-state index contributed by atoms with van der Waals surface area (Å²) in [5.74, 6) is -1.08. The van der Waals surface area contributed by atoms with Gasteiger partial charge in [-0.15, -0.1) is 0 Å². The zero-order valence-electron chi connectivity index (χ0n) is 12.7. The molecule has 0 radical (unpaired) electrons. The van der Waals surface area contributed by atoms with Crippen LogP contribution in [0, 0.1) is 10.1 Å². The highest BCUT2D eigenvalue weighted by molar-refractivity contribution is 5.84. The minimum Gasteiger partial charge on any atom is -0.299 e. The van der Waals surface area contributed by atoms with E-state index in [4.69, 9.17) is 0 Å². The summed E-state index contributed by atoms with van der Waals surface area (Å²) < 4.78 is 0. The molecule has 0 amide bonds. The van der Waals surface area contributed by atoms with Crippen LogP contribution in [0.3, 0.4) is 0 Å². The maximum absolute atomic E-state index is 12.3. The van der Waals surface area contributed by atoms with Crippen LogP contribution in [-0.4, -0.2) is 16.7 Å². The number of carbonyl (C=O) groups is 1. The normalized spacial score (nSPS) is 14.8. The van der Waals surface area contributed by atoms with Crippen molar-refractivity contribution in [2.24, 2.45) is 0 Å². The van der Waals surface area contributed by atoms with Gasteiger partial charge in [0.1, 0.15) is 5.78 Å². The van der Waals surface area contributed by atoms with E-state index in [0.29, 0.717) is 0 Å². The van der Waals surface area contributed by atoms with Gasteiger partial charge in [0, 0.05) is 11.8 Å². The van der Waals surface area contributed by atoms with Crippen LogP contribution in [0.25, 0.3) is 0 Å². The third-order valence-corrected chi connectivity index (χ3v) is 3.99. The number of benzene rings is 2. The van der Waals surface area contributed by atoms with Crippen molar-refractivity contribution in [3.8, 4) is 0 Å². The number of nitrogens with zero attached hydrogens (tertiary/aromatic N) is 1. The van der Waals surface area contributed by atoms with E-state index in [1.165, 1.54) is 6.92 Å². The molecule has 2 rings (SSSR count). The lowest BCUT2D eigenvalue weighted by molar-refractivity contribution is -0.522. The van der Waals surface area contributed by atoms with Crippen LogP contribution in [0.1, 0.15) is 36.8 Å². The summed E-state index contributed by atoms with van der Waals surface area (Å²) in [5.41, 5.74) is 1.63. The van der Waals surface area contributed by atoms with E-state index >= 15 is 0 Å². The largest absolute Gasteiger partial charge is 0.299 e. The zero-order valence-corrected chi connectivity index (χ0v) is 12.7. The van der Waals surface area contributed by atoms with E-state index in [0.717, 1.165) is 11.1 Å². The molecule has 3 atom stereocenters. The Labute approximate surface area is 129 Å². The van der Waals surface area contributed by atoms with Crippen LogP contribution in [-0.2, 0) is 4.79 Å². The predicted octanol–water partition coefficient (Wildman–Crippen LogP) is 3.81. The zero-order chi connectivity index (χ0) is 16.1. The smallest absolute Gasteiger partial charge is 0.218 e. The van der Waals surface area contributed by atoms with Gasteiger partial charge in [-0.3, -0.25) is 14.9 Å². The molecule has 0 saturated carbocycles. The first-order valence-electron chi connectivity index (χ1n) is 7.26. The van der Waals surface area contributed by atoms with Crippen LogP contribution in [0.2, 0.25) is 0 Å². The van der Waals surface area contributed by atoms with Gasteiger partial charge in [-0.05, 0) is 18.1 Å². The number of hydrogen-bond acceptors (Lipinski definition) is 3. The fourth-order valence-corrected chi connectivity index (χ4v) is 2.91. The highest BCUT2D eigenvalue weighted by Gasteiger charge is 2.38. The molecular weight excluding hydrogens is 278 g/mol. The van der Waals surface area contributed by atoms with Gasteiger partial charge in [0.25, 0.3) is 0 Å². The molecule has 2 aromatic rings. The first kappa shape index (κ1) is 15.9. The van der Waals surface area contributed by atoms with Gasteiger partial charge in [0.2, 0.25) is 6.04 Å². The topological polar surface area (TPSA) is 60.2 Å². The lowest BCUT2D eigenvalue weighted by atomic mass is 9.75. The van der Waals surface area contributed by atoms with Gasteiger partial charge < -0.3 is 0 Å². The molecule has 22 heavy (non-hydrogen) atoms. The quantitative estimate of drug-likeness (QED) is 0.601. The molecule has 0 aliphatic carbocycles. The number of rotatable bonds is 6. The van der Waals surface area contributed by atoms with Crippen molar-refractivity contribution < 1.29 is 9.72 Å². The molecule has 0 bridgehead atoms. The summed E-state index contributed by atoms with van der Waals surface area (Å²) in [5, 5.41) is 11.4. The molecule has 0 fully saturated rings. The molecule has 0 spiro atoms. The van der Waals surface area contributed by atoms with Gasteiger partial charge in [-0.1, -0.05) is 60.7 Å². The Kier molecular flexibility index (Phi) is 5.04. The minimum atomic E-state index is -0.850. The van der Waals surface area contributed by atoms with Crippen molar-refractivity contribution in [3.63, 3.8) is 0 Å². The number of ketones is 1. The van der Waals surface area contributed by atoms with Crippen LogP contribution < -0.4 is 0 Å². The molecule has 0 heterocycles. The molecule has 0 aliphatic heterocycles. The molecule has 4 nitrogen and oxygen atoms in total. The van der Waals surface area contributed by atoms with Crippen molar-refractivity contribution >= 4 is 5.78 Å². The second kappa shape index (κ2) is 6.98. The Balaban J connectivity index is 2.55. The Hall–Kier alpha value is -2.49. The monoisotopic (exact) mass is 297 g/mol. The lowest BCUT2D eigenvalue weighted by Gasteiger charge is -2.26. The SMILES string of the molecule is CC(=O)[C@H](c1ccccc1)[C@H](c1ccccc1)[C@@H](C)[N+](=O)[O-]. The molecule has 0 N–H and O–H groups in total. The number of carbonyl (C=O) groups excluding carboxylic acids is 1. The second-order valence-electron chi connectivity index (χ2n) is 5.46. The molecule has 0 saturated heterocycles. The van der Waals surface area contributed by atoms with E-state index in [-0.39, 0.29) is 10.7 Å². The van der Waals surface area contributed by atoms with Gasteiger partial charge in [0.15, 0.2) is 0 Å². The van der Waals surface area contributed by atoms with Gasteiger partial charge >= 0.3 is 0 Å². The van der Waals surface area contributed by atoms with E-state index in [2.05, 4.69) is 0 Å². The third-order valence-electron chi connectivity index (χ3n) is 3.99. The van der Waals surface area contributed by atoms with Crippen molar-refractivity contribution in [3.05, 3.63) is 81.9 Å². The second-order valence-corrected chi connectivity index (χ2v) is 5.46. The molecule has 4 heteroatoms. The highest BCUT2D eigenvalue weighted by atomic mass is 16.6. The van der Waals surface area contributed by atoms with Crippen LogP contribution in [0.4, 0.5) is 0 Å². The van der Waals surface area contributed by atoms with Crippen LogP contribution >= 0.6 is 0 Å². The molecule has 0 unspecified atom stereocenters. The van der Waals surface area contributed by atoms with Gasteiger partial charge in [-0.2, -0.15) is 0 Å². The lowest BCUT2D eigenvalue weighted by Crippen LogP contribution is -2.32. The van der Waals surface area contributed by atoms with Gasteiger partial charge in [0.05, 0.1) is 11.8 Å². The van der Waals surface area contributed by atoms with Gasteiger partial charge in [-0.25, -0.2) is 0 Å². The first-order chi connectivity index (χ1) is 10.5. The summed E-state index contributed by atoms with van der Waals surface area (Å²) in [4.78, 5) is 23.3. The fourth-order valence-electron chi connectivity index (χ4n) is 2.91. The Morgan fingerprint density at radius 3 is 1.82 bits per heavy atom. The van der Waals surface area contributed by atoms with Crippen molar-refractivity contribution in [1.82, 2.24) is 0 Å². The van der Waals surface area contributed by atoms with Crippen LogP contribution in [0.5, 0.6) is 0 Å². The van der Waals surface area contributed by atoms with Crippen molar-refractivity contribution in [1.29, 1.82) is 0 Å². The summed E-state index contributed by atoms with van der Waals surface area (Å²) in [6, 6.07) is 17.7. The van der Waals surface area contributed by atoms with Crippen molar-refractivity contribution in [2.45, 2.75) is 31.7 Å². The van der Waals surface area contributed by atoms with E-state index in [1.54, 1.807) is 6.92 Å². The average Bonchev–Trinajstić information content (AvgIpc) is 2.53. The van der Waals surface area contributed by atoms with E-state index < -0.39 is 17.9 Å². The summed E-state index contributed by atoms with van der Waals surface area (Å²) in [6.45, 7) is 3.07. The average molecular weight is 297 g/mol. The fraction of sp³-hybridized carbons (Fsp3) is 0.278.